The van der Waals surface area contributed by atoms with Crippen LogP contribution in [0.5, 0.6) is 0 Å². The van der Waals surface area contributed by atoms with Crippen LogP contribution in [0.4, 0.5) is 11.4 Å². The monoisotopic (exact) mass is 558 g/mol. The van der Waals surface area contributed by atoms with E-state index in [1.54, 1.807) is 18.2 Å². The summed E-state index contributed by atoms with van der Waals surface area (Å²) in [6, 6.07) is 16.8. The van der Waals surface area contributed by atoms with Gasteiger partial charge in [0.1, 0.15) is 6.54 Å². The summed E-state index contributed by atoms with van der Waals surface area (Å²) < 4.78 is 3.56. The normalized spacial score (nSPS) is 15.4. The first kappa shape index (κ1) is 26.7. The van der Waals surface area contributed by atoms with Crippen LogP contribution in [-0.2, 0) is 30.2 Å². The van der Waals surface area contributed by atoms with E-state index in [1.807, 2.05) is 61.5 Å². The molecule has 0 aliphatic carbocycles. The van der Waals surface area contributed by atoms with E-state index in [2.05, 4.69) is 15.5 Å². The molecular formula is C27H26N8O4S. The SMILES string of the molecule is CN(C)c1ccc(/C=C2/S/C(=N\NC(=O)Cn3cnc4c3c(=O)n(C)c(=O)n4C)N(c3ccccc3)C2=O)cc1. The predicted octanol–water partition coefficient (Wildman–Crippen LogP) is 1.71. The smallest absolute Gasteiger partial charge is 0.332 e. The Morgan fingerprint density at radius 2 is 1.73 bits per heavy atom. The first-order chi connectivity index (χ1) is 19.2. The number of hydrogen-bond acceptors (Lipinski definition) is 8. The van der Waals surface area contributed by atoms with Gasteiger partial charge in [0.25, 0.3) is 17.4 Å². The van der Waals surface area contributed by atoms with Crippen molar-refractivity contribution in [3.63, 3.8) is 0 Å². The largest absolute Gasteiger partial charge is 0.378 e. The summed E-state index contributed by atoms with van der Waals surface area (Å²) >= 11 is 1.14. The number of fused-ring (bicyclic) bond motifs is 1. The van der Waals surface area contributed by atoms with E-state index >= 15 is 0 Å². The zero-order valence-corrected chi connectivity index (χ0v) is 23.0. The average Bonchev–Trinajstić information content (AvgIpc) is 3.50. The molecule has 12 nitrogen and oxygen atoms in total. The van der Waals surface area contributed by atoms with Gasteiger partial charge >= 0.3 is 5.69 Å². The molecule has 2 aromatic heterocycles. The number of para-hydroxylation sites is 1. The lowest BCUT2D eigenvalue weighted by molar-refractivity contribution is -0.121. The Kier molecular flexibility index (Phi) is 7.13. The molecule has 1 saturated heterocycles. The van der Waals surface area contributed by atoms with Crippen molar-refractivity contribution in [2.24, 2.45) is 19.2 Å². The summed E-state index contributed by atoms with van der Waals surface area (Å²) in [6.45, 7) is -0.272. The Morgan fingerprint density at radius 1 is 1.02 bits per heavy atom. The van der Waals surface area contributed by atoms with Crippen LogP contribution in [0.15, 0.2) is 80.5 Å². The third-order valence-electron chi connectivity index (χ3n) is 6.34. The van der Waals surface area contributed by atoms with Gasteiger partial charge in [0.2, 0.25) is 0 Å². The van der Waals surface area contributed by atoms with Crippen LogP contribution < -0.4 is 26.5 Å². The van der Waals surface area contributed by atoms with E-state index < -0.39 is 17.2 Å². The van der Waals surface area contributed by atoms with E-state index in [-0.39, 0.29) is 28.8 Å². The number of carbonyl (C=O) groups excluding carboxylic acids is 2. The topological polar surface area (TPSA) is 127 Å². The highest BCUT2D eigenvalue weighted by Crippen LogP contribution is 2.35. The Labute approximate surface area is 232 Å². The lowest BCUT2D eigenvalue weighted by atomic mass is 10.2. The Bertz CT molecular complexity index is 1800. The number of benzene rings is 2. The Balaban J connectivity index is 1.42. The summed E-state index contributed by atoms with van der Waals surface area (Å²) in [5.74, 6) is -0.814. The quantitative estimate of drug-likeness (QED) is 0.282. The van der Waals surface area contributed by atoms with Crippen LogP contribution in [0.25, 0.3) is 17.2 Å². The maximum atomic E-state index is 13.4. The van der Waals surface area contributed by atoms with Gasteiger partial charge in [-0.1, -0.05) is 30.3 Å². The molecule has 3 heterocycles. The van der Waals surface area contributed by atoms with Crippen molar-refractivity contribution in [2.45, 2.75) is 6.54 Å². The molecule has 0 spiro atoms. The number of aryl methyl sites for hydroxylation is 1. The maximum absolute atomic E-state index is 13.4. The molecule has 204 valence electrons. The summed E-state index contributed by atoms with van der Waals surface area (Å²) in [5, 5.41) is 4.53. The van der Waals surface area contributed by atoms with Gasteiger partial charge < -0.3 is 9.47 Å². The first-order valence-corrected chi connectivity index (χ1v) is 13.0. The van der Waals surface area contributed by atoms with Gasteiger partial charge in [-0.25, -0.2) is 15.2 Å². The second kappa shape index (κ2) is 10.7. The second-order valence-corrected chi connectivity index (χ2v) is 10.3. The summed E-state index contributed by atoms with van der Waals surface area (Å²) in [5.41, 5.74) is 4.19. The van der Waals surface area contributed by atoms with Gasteiger partial charge in [0, 0.05) is 33.9 Å². The van der Waals surface area contributed by atoms with Gasteiger partial charge in [-0.2, -0.15) is 0 Å². The number of thioether (sulfide) groups is 1. The van der Waals surface area contributed by atoms with E-state index in [4.69, 9.17) is 0 Å². The van der Waals surface area contributed by atoms with Crippen LogP contribution >= 0.6 is 11.8 Å². The number of amides is 2. The maximum Gasteiger partial charge on any atom is 0.332 e. The van der Waals surface area contributed by atoms with Crippen molar-refractivity contribution in [3.8, 4) is 0 Å². The van der Waals surface area contributed by atoms with Crippen molar-refractivity contribution in [3.05, 3.63) is 92.2 Å². The molecule has 0 atom stereocenters. The number of hydrogen-bond donors (Lipinski definition) is 1. The molecule has 1 fully saturated rings. The van der Waals surface area contributed by atoms with Crippen LogP contribution in [0.3, 0.4) is 0 Å². The minimum Gasteiger partial charge on any atom is -0.378 e. The van der Waals surface area contributed by atoms with Crippen molar-refractivity contribution < 1.29 is 9.59 Å². The first-order valence-electron chi connectivity index (χ1n) is 12.2. The molecule has 0 radical (unpaired) electrons. The number of nitrogens with one attached hydrogen (secondary N) is 1. The lowest BCUT2D eigenvalue weighted by Gasteiger charge is -2.15. The molecule has 4 aromatic rings. The molecule has 2 amide bonds. The van der Waals surface area contributed by atoms with Crippen molar-refractivity contribution in [2.75, 3.05) is 23.9 Å². The summed E-state index contributed by atoms with van der Waals surface area (Å²) in [7, 11) is 6.77. The molecule has 40 heavy (non-hydrogen) atoms. The molecule has 0 unspecified atom stereocenters. The minimum atomic E-state index is -0.560. The summed E-state index contributed by atoms with van der Waals surface area (Å²) in [4.78, 5) is 59.2. The molecule has 0 bridgehead atoms. The van der Waals surface area contributed by atoms with E-state index in [1.165, 1.54) is 34.5 Å². The minimum absolute atomic E-state index is 0.120. The van der Waals surface area contributed by atoms with E-state index in [0.29, 0.717) is 10.6 Å². The fraction of sp³-hybridized carbons (Fsp3) is 0.185. The van der Waals surface area contributed by atoms with Crippen LogP contribution in [0.1, 0.15) is 5.56 Å². The zero-order chi connectivity index (χ0) is 28.6. The lowest BCUT2D eigenvalue weighted by Crippen LogP contribution is -2.38. The molecule has 2 aromatic carbocycles. The standard InChI is InChI=1S/C27H26N8O4S/c1-31(2)18-12-10-17(11-13-18)14-20-24(37)35(19-8-6-5-7-9-19)26(40-20)30-29-21(36)15-34-16-28-23-22(34)25(38)33(4)27(39)32(23)3/h5-14,16H,15H2,1-4H3,(H,29,36)/b20-14+,30-26-. The number of anilines is 2. The van der Waals surface area contributed by atoms with Gasteiger partial charge in [-0.15, -0.1) is 5.10 Å². The van der Waals surface area contributed by atoms with Crippen molar-refractivity contribution >= 4 is 57.4 Å². The number of amidine groups is 1. The van der Waals surface area contributed by atoms with Crippen molar-refractivity contribution in [1.29, 1.82) is 0 Å². The third kappa shape index (κ3) is 4.94. The van der Waals surface area contributed by atoms with Crippen LogP contribution in [-0.4, -0.2) is 49.8 Å². The van der Waals surface area contributed by atoms with E-state index in [0.717, 1.165) is 27.6 Å². The molecule has 1 aliphatic rings. The van der Waals surface area contributed by atoms with Gasteiger partial charge in [-0.3, -0.25) is 28.4 Å². The van der Waals surface area contributed by atoms with Crippen molar-refractivity contribution in [1.82, 2.24) is 24.1 Å². The van der Waals surface area contributed by atoms with Gasteiger partial charge in [-0.05, 0) is 47.7 Å². The number of hydrazone groups is 1. The predicted molar refractivity (Wildman–Crippen MR) is 156 cm³/mol. The number of rotatable bonds is 6. The van der Waals surface area contributed by atoms with Crippen LogP contribution in [0, 0.1) is 0 Å². The summed E-state index contributed by atoms with van der Waals surface area (Å²) in [6.07, 6.45) is 3.11. The molecule has 1 N–H and O–H groups in total. The molecule has 0 saturated carbocycles. The third-order valence-corrected chi connectivity index (χ3v) is 7.30. The van der Waals surface area contributed by atoms with E-state index in [9.17, 15) is 19.2 Å². The molecule has 1 aliphatic heterocycles. The number of imidazole rings is 1. The zero-order valence-electron chi connectivity index (χ0n) is 22.2. The molecule has 5 rings (SSSR count). The van der Waals surface area contributed by atoms with Gasteiger partial charge in [0.05, 0.1) is 16.9 Å². The highest BCUT2D eigenvalue weighted by Gasteiger charge is 2.35. The average molecular weight is 559 g/mol. The fourth-order valence-corrected chi connectivity index (χ4v) is 5.13. The number of aromatic nitrogens is 4. The Hall–Kier alpha value is -4.91. The number of carbonyl (C=O) groups is 2. The van der Waals surface area contributed by atoms with Crippen LogP contribution in [0.2, 0.25) is 0 Å². The highest BCUT2D eigenvalue weighted by atomic mass is 32.2. The molecular weight excluding hydrogens is 532 g/mol. The number of nitrogens with zero attached hydrogens (tertiary/aromatic N) is 7. The van der Waals surface area contributed by atoms with Gasteiger partial charge in [0.15, 0.2) is 16.3 Å². The highest BCUT2D eigenvalue weighted by molar-refractivity contribution is 8.19. The second-order valence-electron chi connectivity index (χ2n) is 9.25. The fourth-order valence-electron chi connectivity index (χ4n) is 4.19. The molecule has 13 heteroatoms. The Morgan fingerprint density at radius 3 is 2.40 bits per heavy atom.